The average Bonchev–Trinajstić information content (AvgIpc) is 2.66. The molecule has 0 nitrogen and oxygen atoms in total. The van der Waals surface area contributed by atoms with Crippen molar-refractivity contribution in [3.05, 3.63) is 58.7 Å². The molecule has 2 aromatic rings. The van der Waals surface area contributed by atoms with E-state index < -0.39 is 0 Å². The first kappa shape index (κ1) is 26.6. The second-order valence-electron chi connectivity index (χ2n) is 10.7. The van der Waals surface area contributed by atoms with Crippen LogP contribution in [0, 0.1) is 0 Å². The van der Waals surface area contributed by atoms with Gasteiger partial charge in [-0.2, -0.15) is 0 Å². The lowest BCUT2D eigenvalue weighted by Crippen LogP contribution is -2.13. The fourth-order valence-electron chi connectivity index (χ4n) is 4.07. The van der Waals surface area contributed by atoms with Crippen molar-refractivity contribution in [2.24, 2.45) is 0 Å². The Balaban J connectivity index is 2.09. The summed E-state index contributed by atoms with van der Waals surface area (Å²) in [5, 5.41) is 3.11. The van der Waals surface area contributed by atoms with Gasteiger partial charge < -0.3 is 0 Å². The van der Waals surface area contributed by atoms with E-state index in [4.69, 9.17) is 0 Å². The largest absolute Gasteiger partial charge is 0.0874 e. The van der Waals surface area contributed by atoms with E-state index >= 15 is 0 Å². The minimum Gasteiger partial charge on any atom is -0.0874 e. The highest BCUT2D eigenvalue weighted by Crippen LogP contribution is 2.33. The molecule has 0 heterocycles. The fraction of sp³-hybridized carbons (Fsp3) is 0.586. The molecule has 4 atom stereocenters. The zero-order chi connectivity index (χ0) is 23.3. The molecule has 0 saturated heterocycles. The van der Waals surface area contributed by atoms with Crippen LogP contribution >= 0.6 is 17.2 Å². The summed E-state index contributed by atoms with van der Waals surface area (Å²) in [6.07, 6.45) is 1.31. The van der Waals surface area contributed by atoms with Crippen molar-refractivity contribution in [3.8, 4) is 0 Å². The molecule has 2 heteroatoms. The minimum atomic E-state index is 0.598. The third-order valence-electron chi connectivity index (χ3n) is 6.16. The Morgan fingerprint density at radius 1 is 0.452 bits per heavy atom. The molecule has 172 valence electrons. The Hall–Kier alpha value is -0.700. The fourth-order valence-corrected chi connectivity index (χ4v) is 7.39. The predicted molar refractivity (Wildman–Crippen MR) is 149 cm³/mol. The Morgan fingerprint density at radius 2 is 0.710 bits per heavy atom. The maximum absolute atomic E-state index is 2.47. The van der Waals surface area contributed by atoms with Crippen LogP contribution in [0.3, 0.4) is 0 Å². The molecular formula is C29H46P2. The van der Waals surface area contributed by atoms with Crippen LogP contribution in [-0.4, -0.2) is 11.3 Å². The molecule has 0 spiro atoms. The van der Waals surface area contributed by atoms with E-state index in [1.54, 1.807) is 10.6 Å². The maximum Gasteiger partial charge on any atom is -0.0218 e. The summed E-state index contributed by atoms with van der Waals surface area (Å²) in [5.41, 5.74) is 7.49. The maximum atomic E-state index is 2.47. The van der Waals surface area contributed by atoms with Crippen LogP contribution in [0.2, 0.25) is 0 Å². The Morgan fingerprint density at radius 3 is 0.935 bits per heavy atom. The molecule has 4 unspecified atom stereocenters. The predicted octanol–water partition coefficient (Wildman–Crippen LogP) is 8.66. The molecule has 0 fully saturated rings. The SMILES string of the molecule is CC(CC(C)Pc1cc(C(C)C)cc(C(C)C)c1)Pc1cc(C(C)C)cc(C(C)C)c1. The van der Waals surface area contributed by atoms with Gasteiger partial charge in [-0.1, -0.05) is 123 Å². The van der Waals surface area contributed by atoms with Gasteiger partial charge in [0.05, 0.1) is 0 Å². The second-order valence-corrected chi connectivity index (χ2v) is 14.4. The highest BCUT2D eigenvalue weighted by Gasteiger charge is 2.15. The van der Waals surface area contributed by atoms with E-state index in [9.17, 15) is 0 Å². The summed E-state index contributed by atoms with van der Waals surface area (Å²) in [6, 6.07) is 14.7. The molecule has 0 aliphatic rings. The highest BCUT2D eigenvalue weighted by molar-refractivity contribution is 7.49. The van der Waals surface area contributed by atoms with E-state index in [0.29, 0.717) is 23.7 Å². The molecule has 0 radical (unpaired) electrons. The van der Waals surface area contributed by atoms with Crippen molar-refractivity contribution in [1.29, 1.82) is 0 Å². The zero-order valence-electron chi connectivity index (χ0n) is 21.6. The van der Waals surface area contributed by atoms with Crippen molar-refractivity contribution in [2.45, 2.75) is 111 Å². The van der Waals surface area contributed by atoms with E-state index in [1.165, 1.54) is 28.7 Å². The van der Waals surface area contributed by atoms with Gasteiger partial charge in [0.15, 0.2) is 0 Å². The standard InChI is InChI=1S/C29H46P2/c1-18(2)24-12-25(19(3)4)15-28(14-24)30-22(9)11-23(10)31-29-16-26(20(5)6)13-27(17-29)21(7)8/h12-23,30-31H,11H2,1-10H3. The van der Waals surface area contributed by atoms with Gasteiger partial charge in [-0.15, -0.1) is 0 Å². The van der Waals surface area contributed by atoms with Crippen molar-refractivity contribution in [2.75, 3.05) is 0 Å². The van der Waals surface area contributed by atoms with Crippen molar-refractivity contribution < 1.29 is 0 Å². The van der Waals surface area contributed by atoms with Crippen LogP contribution in [0.5, 0.6) is 0 Å². The summed E-state index contributed by atoms with van der Waals surface area (Å²) in [7, 11) is 1.80. The van der Waals surface area contributed by atoms with E-state index in [2.05, 4.69) is 106 Å². The lowest BCUT2D eigenvalue weighted by atomic mass is 9.96. The van der Waals surface area contributed by atoms with Gasteiger partial charge in [-0.05, 0) is 74.3 Å². The lowest BCUT2D eigenvalue weighted by Gasteiger charge is -2.21. The van der Waals surface area contributed by atoms with Crippen LogP contribution in [0.4, 0.5) is 0 Å². The third-order valence-corrected chi connectivity index (χ3v) is 8.86. The molecule has 0 aliphatic heterocycles. The van der Waals surface area contributed by atoms with Gasteiger partial charge in [0, 0.05) is 0 Å². The van der Waals surface area contributed by atoms with Gasteiger partial charge in [0.1, 0.15) is 0 Å². The first-order chi connectivity index (χ1) is 14.5. The molecule has 0 N–H and O–H groups in total. The highest BCUT2D eigenvalue weighted by atomic mass is 31.1. The quantitative estimate of drug-likeness (QED) is 0.314. The average molecular weight is 457 g/mol. The lowest BCUT2D eigenvalue weighted by molar-refractivity contribution is 0.798. The normalized spacial score (nSPS) is 14.9. The van der Waals surface area contributed by atoms with E-state index in [-0.39, 0.29) is 0 Å². The molecule has 0 saturated carbocycles. The van der Waals surface area contributed by atoms with Gasteiger partial charge in [0.2, 0.25) is 0 Å². The first-order valence-electron chi connectivity index (χ1n) is 12.3. The Kier molecular flexibility index (Phi) is 10.2. The van der Waals surface area contributed by atoms with Crippen LogP contribution in [0.1, 0.15) is 122 Å². The molecule has 0 bridgehead atoms. The third kappa shape index (κ3) is 8.30. The molecular weight excluding hydrogens is 410 g/mol. The number of hydrogen-bond donors (Lipinski definition) is 0. The van der Waals surface area contributed by atoms with Crippen molar-refractivity contribution in [3.63, 3.8) is 0 Å². The first-order valence-corrected chi connectivity index (χ1v) is 14.4. The van der Waals surface area contributed by atoms with Crippen molar-refractivity contribution in [1.82, 2.24) is 0 Å². The molecule has 0 amide bonds. The summed E-state index contributed by atoms with van der Waals surface area (Å²) < 4.78 is 0. The van der Waals surface area contributed by atoms with Gasteiger partial charge in [-0.3, -0.25) is 0 Å². The van der Waals surface area contributed by atoms with Crippen molar-refractivity contribution >= 4 is 27.8 Å². The molecule has 0 aliphatic carbocycles. The van der Waals surface area contributed by atoms with E-state index in [1.807, 2.05) is 0 Å². The van der Waals surface area contributed by atoms with Crippen LogP contribution < -0.4 is 10.6 Å². The zero-order valence-corrected chi connectivity index (χ0v) is 23.6. The minimum absolute atomic E-state index is 0.598. The summed E-state index contributed by atoms with van der Waals surface area (Å²) >= 11 is 0. The Bertz CT molecular complexity index is 711. The van der Waals surface area contributed by atoms with Crippen LogP contribution in [0.25, 0.3) is 0 Å². The number of rotatable bonds is 10. The van der Waals surface area contributed by atoms with Crippen LogP contribution in [0.15, 0.2) is 36.4 Å². The Labute approximate surface area is 197 Å². The second kappa shape index (κ2) is 12.0. The smallest absolute Gasteiger partial charge is 0.0218 e. The molecule has 31 heavy (non-hydrogen) atoms. The summed E-state index contributed by atoms with van der Waals surface area (Å²) in [5.74, 6) is 2.39. The summed E-state index contributed by atoms with van der Waals surface area (Å²) in [6.45, 7) is 23.4. The molecule has 2 aromatic carbocycles. The van der Waals surface area contributed by atoms with Gasteiger partial charge in [-0.25, -0.2) is 0 Å². The van der Waals surface area contributed by atoms with E-state index in [0.717, 1.165) is 28.5 Å². The number of hydrogen-bond acceptors (Lipinski definition) is 0. The topological polar surface area (TPSA) is 0 Å². The molecule has 2 rings (SSSR count). The number of benzene rings is 2. The van der Waals surface area contributed by atoms with Gasteiger partial charge in [0.25, 0.3) is 0 Å². The summed E-state index contributed by atoms with van der Waals surface area (Å²) in [4.78, 5) is 0. The molecule has 0 aromatic heterocycles. The van der Waals surface area contributed by atoms with Crippen LogP contribution in [-0.2, 0) is 0 Å². The van der Waals surface area contributed by atoms with Gasteiger partial charge >= 0.3 is 0 Å². The monoisotopic (exact) mass is 456 g/mol.